The Morgan fingerprint density at radius 3 is 1.25 bits per heavy atom. The van der Waals surface area contributed by atoms with Gasteiger partial charge in [0.15, 0.2) is 0 Å². The molecule has 278 valence electrons. The van der Waals surface area contributed by atoms with Crippen molar-refractivity contribution in [2.75, 3.05) is 14.2 Å². The Kier molecular flexibility index (Phi) is 10.5. The van der Waals surface area contributed by atoms with Crippen molar-refractivity contribution in [1.82, 2.24) is 0 Å². The zero-order chi connectivity index (χ0) is 37.6. The van der Waals surface area contributed by atoms with Gasteiger partial charge in [-0.3, -0.25) is 9.59 Å². The van der Waals surface area contributed by atoms with Crippen LogP contribution in [-0.4, -0.2) is 38.1 Å². The molecular weight excluding hydrogens is 664 g/mol. The fourth-order valence-corrected chi connectivity index (χ4v) is 9.97. The number of carbonyl (C=O) groups is 4. The van der Waals surface area contributed by atoms with Crippen LogP contribution in [0.1, 0.15) is 156 Å². The number of fused-ring (bicyclic) bond motifs is 2. The monoisotopic (exact) mass is 716 g/mol. The van der Waals surface area contributed by atoms with E-state index in [1.54, 1.807) is 0 Å². The van der Waals surface area contributed by atoms with Crippen molar-refractivity contribution < 1.29 is 33.4 Å². The zero-order valence-corrected chi connectivity index (χ0v) is 32.1. The van der Waals surface area contributed by atoms with Gasteiger partial charge in [0.2, 0.25) is 0 Å². The molecule has 2 bridgehead atoms. The Bertz CT molecular complexity index is 1990. The van der Waals surface area contributed by atoms with E-state index < -0.39 is 35.7 Å². The van der Waals surface area contributed by atoms with Gasteiger partial charge in [0.05, 0.1) is 37.2 Å². The molecule has 8 rings (SSSR count). The number of cyclic esters (lactones) is 2. The number of hydrogen-bond acceptors (Lipinski definition) is 7. The summed E-state index contributed by atoms with van der Waals surface area (Å²) in [6, 6.07) is 13.0. The molecule has 4 aromatic carbocycles. The van der Waals surface area contributed by atoms with Crippen LogP contribution in [0.4, 0.5) is 0 Å². The quantitative estimate of drug-likeness (QED) is 0.0555. The van der Waals surface area contributed by atoms with Gasteiger partial charge < -0.3 is 14.2 Å². The summed E-state index contributed by atoms with van der Waals surface area (Å²) in [6.07, 6.45) is 10.3. The first-order chi connectivity index (χ1) is 25.8. The van der Waals surface area contributed by atoms with Crippen LogP contribution in [0.5, 0.6) is 0 Å². The van der Waals surface area contributed by atoms with Gasteiger partial charge in [-0.05, 0) is 130 Å². The van der Waals surface area contributed by atoms with E-state index >= 15 is 0 Å². The molecule has 53 heavy (non-hydrogen) atoms. The van der Waals surface area contributed by atoms with Crippen LogP contribution in [0, 0.1) is 11.8 Å². The summed E-state index contributed by atoms with van der Waals surface area (Å²) in [6.45, 7) is 8.65. The lowest BCUT2D eigenvalue weighted by molar-refractivity contribution is -0.153. The highest BCUT2D eigenvalue weighted by Gasteiger charge is 2.61. The summed E-state index contributed by atoms with van der Waals surface area (Å²) in [5.74, 6) is -3.55. The summed E-state index contributed by atoms with van der Waals surface area (Å²) < 4.78 is 16.3. The molecule has 0 N–H and O–H groups in total. The number of carbonyl (C=O) groups excluding carboxylic acids is 4. The minimum atomic E-state index is -0.554. The third-order valence-electron chi connectivity index (χ3n) is 12.3. The number of unbranched alkanes of at least 4 members (excludes halogenated alkanes) is 4. The number of hydrogen-bond donors (Lipinski definition) is 0. The topological polar surface area (TPSA) is 96.0 Å². The molecule has 7 nitrogen and oxygen atoms in total. The first-order valence-electron chi connectivity index (χ1n) is 19.9. The van der Waals surface area contributed by atoms with E-state index in [9.17, 15) is 19.2 Å². The first-order valence-corrected chi connectivity index (χ1v) is 19.9. The van der Waals surface area contributed by atoms with Crippen molar-refractivity contribution in [2.24, 2.45) is 11.8 Å². The molecule has 1 heterocycles. The Morgan fingerprint density at radius 2 is 0.906 bits per heavy atom. The minimum absolute atomic E-state index is 0.283. The predicted molar refractivity (Wildman–Crippen MR) is 207 cm³/mol. The van der Waals surface area contributed by atoms with Crippen molar-refractivity contribution >= 4 is 45.4 Å². The number of esters is 4. The smallest absolute Gasteiger partial charge is 0.339 e. The van der Waals surface area contributed by atoms with Gasteiger partial charge in [0.25, 0.3) is 0 Å². The summed E-state index contributed by atoms with van der Waals surface area (Å²) >= 11 is 0. The van der Waals surface area contributed by atoms with Gasteiger partial charge in [-0.25, -0.2) is 9.59 Å². The highest BCUT2D eigenvalue weighted by atomic mass is 16.6. The van der Waals surface area contributed by atoms with Gasteiger partial charge >= 0.3 is 23.9 Å². The van der Waals surface area contributed by atoms with Gasteiger partial charge in [-0.2, -0.15) is 0 Å². The highest BCUT2D eigenvalue weighted by Crippen LogP contribution is 2.63. The third-order valence-corrected chi connectivity index (χ3v) is 12.3. The van der Waals surface area contributed by atoms with Crippen LogP contribution in [0.3, 0.4) is 0 Å². The van der Waals surface area contributed by atoms with Crippen molar-refractivity contribution in [3.05, 3.63) is 92.0 Å². The molecule has 2 unspecified atom stereocenters. The lowest BCUT2D eigenvalue weighted by Gasteiger charge is -2.47. The molecule has 0 aromatic heterocycles. The average Bonchev–Trinajstić information content (AvgIpc) is 3.49. The van der Waals surface area contributed by atoms with E-state index in [-0.39, 0.29) is 11.8 Å². The summed E-state index contributed by atoms with van der Waals surface area (Å²) in [7, 11) is 2.74. The predicted octanol–water partition coefficient (Wildman–Crippen LogP) is 9.84. The molecular formula is C46H52O7. The molecule has 4 aliphatic rings. The summed E-state index contributed by atoms with van der Waals surface area (Å²) in [5, 5.41) is 4.21. The molecule has 0 amide bonds. The second-order valence-corrected chi connectivity index (χ2v) is 15.2. The second-order valence-electron chi connectivity index (χ2n) is 15.2. The van der Waals surface area contributed by atoms with Crippen LogP contribution in [0.25, 0.3) is 21.5 Å². The average molecular weight is 717 g/mol. The van der Waals surface area contributed by atoms with Crippen LogP contribution in [-0.2, 0) is 49.5 Å². The van der Waals surface area contributed by atoms with Gasteiger partial charge in [0, 0.05) is 11.8 Å². The van der Waals surface area contributed by atoms with Gasteiger partial charge in [-0.1, -0.05) is 77.6 Å². The SMILES string of the molecule is CCCCc1c(C(=O)OC)c(C(=O)OC)c(CCCC)c2cc3c(CCCC)c4c(c(CCCC)c3cc12)C1c2ccccc2C4[C@@H]2C(=O)OC(=O)[C@H]12. The van der Waals surface area contributed by atoms with Gasteiger partial charge in [0.1, 0.15) is 0 Å². The van der Waals surface area contributed by atoms with Crippen molar-refractivity contribution in [3.8, 4) is 0 Å². The van der Waals surface area contributed by atoms with Crippen LogP contribution in [0.2, 0.25) is 0 Å². The molecule has 1 saturated heterocycles. The van der Waals surface area contributed by atoms with Crippen molar-refractivity contribution in [3.63, 3.8) is 0 Å². The molecule has 0 radical (unpaired) electrons. The number of ether oxygens (including phenoxy) is 3. The van der Waals surface area contributed by atoms with Gasteiger partial charge in [-0.15, -0.1) is 0 Å². The van der Waals surface area contributed by atoms with Crippen LogP contribution in [0.15, 0.2) is 36.4 Å². The molecule has 7 heteroatoms. The second kappa shape index (κ2) is 15.1. The Labute approximate surface area is 312 Å². The number of methoxy groups -OCH3 is 2. The summed E-state index contributed by atoms with van der Waals surface area (Å²) in [5.41, 5.74) is 9.37. The largest absolute Gasteiger partial charge is 0.465 e. The highest BCUT2D eigenvalue weighted by molar-refractivity contribution is 6.14. The normalized spacial score (nSPS) is 19.7. The van der Waals surface area contributed by atoms with E-state index in [4.69, 9.17) is 14.2 Å². The lowest BCUT2D eigenvalue weighted by atomic mass is 9.52. The molecule has 4 aromatic rings. The molecule has 0 spiro atoms. The van der Waals surface area contributed by atoms with E-state index in [0.717, 1.165) is 108 Å². The molecule has 0 saturated carbocycles. The standard InChI is InChI=1S/C46H52O7/c1-7-11-17-27-31-23-33-29(19-13-9-3)39(43(47)51-5)40(44(48)52-6)30(20-14-10-4)34(33)24-32(31)28(18-12-8-2)36-35(27)37-25-21-15-16-22-26(25)38(36)42-41(37)45(49)53-46(42)50/h15-16,21-24,37-38,41-42H,7-14,17-20H2,1-6H3/t37?,38?,41-,42+. The van der Waals surface area contributed by atoms with Crippen LogP contribution >= 0.6 is 0 Å². The maximum absolute atomic E-state index is 13.8. The number of rotatable bonds is 14. The Hall–Kier alpha value is -4.52. The molecule has 1 aliphatic heterocycles. The van der Waals surface area contributed by atoms with E-state index in [1.165, 1.54) is 36.5 Å². The van der Waals surface area contributed by atoms with E-state index in [2.05, 4.69) is 52.0 Å². The molecule has 4 atom stereocenters. The maximum atomic E-state index is 13.8. The fourth-order valence-electron chi connectivity index (χ4n) is 9.97. The fraction of sp³-hybridized carbons (Fsp3) is 0.478. The lowest BCUT2D eigenvalue weighted by Crippen LogP contribution is -2.42. The minimum Gasteiger partial charge on any atom is -0.465 e. The first kappa shape index (κ1) is 36.8. The molecule has 3 aliphatic carbocycles. The van der Waals surface area contributed by atoms with E-state index in [1.807, 2.05) is 12.1 Å². The van der Waals surface area contributed by atoms with E-state index in [0.29, 0.717) is 24.0 Å². The summed E-state index contributed by atoms with van der Waals surface area (Å²) in [4.78, 5) is 54.9. The Balaban J connectivity index is 1.70. The maximum Gasteiger partial charge on any atom is 0.339 e. The molecule has 1 fully saturated rings. The van der Waals surface area contributed by atoms with Crippen molar-refractivity contribution in [2.45, 2.75) is 117 Å². The van der Waals surface area contributed by atoms with Crippen LogP contribution < -0.4 is 0 Å². The zero-order valence-electron chi connectivity index (χ0n) is 32.1. The number of benzene rings is 4. The number of aryl methyl sites for hydroxylation is 4. The Morgan fingerprint density at radius 1 is 0.566 bits per heavy atom. The van der Waals surface area contributed by atoms with Crippen molar-refractivity contribution in [1.29, 1.82) is 0 Å². The third kappa shape index (κ3) is 5.77.